The molecule has 0 bridgehead atoms. The first-order valence-corrected chi connectivity index (χ1v) is 9.53. The van der Waals surface area contributed by atoms with E-state index in [4.69, 9.17) is 16.3 Å². The van der Waals surface area contributed by atoms with E-state index in [0.29, 0.717) is 16.4 Å². The summed E-state index contributed by atoms with van der Waals surface area (Å²) in [6.07, 6.45) is -0.810. The van der Waals surface area contributed by atoms with Crippen LogP contribution in [0.3, 0.4) is 0 Å². The van der Waals surface area contributed by atoms with Crippen molar-refractivity contribution in [1.29, 1.82) is 0 Å². The van der Waals surface area contributed by atoms with Crippen molar-refractivity contribution in [1.82, 2.24) is 9.78 Å². The molecule has 2 aromatic carbocycles. The predicted molar refractivity (Wildman–Crippen MR) is 114 cm³/mol. The van der Waals surface area contributed by atoms with Crippen molar-refractivity contribution in [2.24, 2.45) is 0 Å². The Morgan fingerprint density at radius 1 is 1.07 bits per heavy atom. The second kappa shape index (κ2) is 8.49. The van der Waals surface area contributed by atoms with Crippen molar-refractivity contribution < 1.29 is 9.53 Å². The third-order valence-corrected chi connectivity index (χ3v) is 4.57. The predicted octanol–water partition coefficient (Wildman–Crippen LogP) is 4.22. The van der Waals surface area contributed by atoms with E-state index in [1.807, 2.05) is 39.0 Å². The molecule has 0 saturated heterocycles. The van der Waals surface area contributed by atoms with E-state index in [2.05, 4.69) is 10.4 Å². The Balaban J connectivity index is 1.80. The number of hydrogen-bond donors (Lipinski definition) is 1. The van der Waals surface area contributed by atoms with Gasteiger partial charge in [-0.15, -0.1) is 5.10 Å². The maximum Gasteiger partial charge on any atom is 0.271 e. The van der Waals surface area contributed by atoms with Crippen LogP contribution < -0.4 is 15.6 Å². The topological polar surface area (TPSA) is 73.2 Å². The Morgan fingerprint density at radius 3 is 2.45 bits per heavy atom. The number of benzene rings is 2. The summed E-state index contributed by atoms with van der Waals surface area (Å²) in [5.74, 6) is -0.152. The van der Waals surface area contributed by atoms with Gasteiger partial charge in [-0.3, -0.25) is 9.59 Å². The largest absolute Gasteiger partial charge is 0.463 e. The van der Waals surface area contributed by atoms with Gasteiger partial charge in [-0.05, 0) is 68.7 Å². The van der Waals surface area contributed by atoms with Crippen LogP contribution in [0.25, 0.3) is 5.69 Å². The molecule has 3 rings (SSSR count). The lowest BCUT2D eigenvalue weighted by atomic mass is 10.1. The van der Waals surface area contributed by atoms with Crippen LogP contribution >= 0.6 is 11.6 Å². The van der Waals surface area contributed by atoms with Gasteiger partial charge in [0, 0.05) is 22.8 Å². The molecule has 6 nitrogen and oxygen atoms in total. The second-order valence-corrected chi connectivity index (χ2v) is 7.41. The van der Waals surface area contributed by atoms with E-state index in [1.54, 1.807) is 25.1 Å². The highest BCUT2D eigenvalue weighted by atomic mass is 35.5. The number of aromatic nitrogens is 2. The lowest BCUT2D eigenvalue weighted by Gasteiger charge is -2.16. The lowest BCUT2D eigenvalue weighted by Crippen LogP contribution is -2.31. The van der Waals surface area contributed by atoms with Crippen LogP contribution in [0.2, 0.25) is 5.02 Å². The van der Waals surface area contributed by atoms with Crippen molar-refractivity contribution in [3.05, 3.63) is 80.6 Å². The highest BCUT2D eigenvalue weighted by molar-refractivity contribution is 6.30. The van der Waals surface area contributed by atoms with E-state index in [-0.39, 0.29) is 17.3 Å². The summed E-state index contributed by atoms with van der Waals surface area (Å²) in [6.45, 7) is 7.41. The van der Waals surface area contributed by atoms with E-state index in [9.17, 15) is 9.59 Å². The lowest BCUT2D eigenvalue weighted by molar-refractivity contribution is -0.122. The van der Waals surface area contributed by atoms with Gasteiger partial charge < -0.3 is 10.1 Å². The van der Waals surface area contributed by atoms with Crippen molar-refractivity contribution in [2.75, 3.05) is 5.32 Å². The van der Waals surface area contributed by atoms with Crippen LogP contribution in [0.4, 0.5) is 5.69 Å². The minimum Gasteiger partial charge on any atom is -0.463 e. The average molecular weight is 412 g/mol. The van der Waals surface area contributed by atoms with Crippen molar-refractivity contribution in [3.8, 4) is 11.6 Å². The molecule has 150 valence electrons. The third-order valence-electron chi connectivity index (χ3n) is 4.33. The number of aryl methyl sites for hydroxylation is 3. The number of carbonyl (C=O) groups excluding carboxylic acids is 1. The number of ether oxygens (including phenoxy) is 1. The van der Waals surface area contributed by atoms with Crippen LogP contribution in [0.15, 0.2) is 53.3 Å². The van der Waals surface area contributed by atoms with Crippen LogP contribution in [-0.2, 0) is 4.79 Å². The fourth-order valence-corrected chi connectivity index (χ4v) is 3.13. The molecule has 0 spiro atoms. The molecule has 3 aromatic rings. The number of carbonyl (C=O) groups is 1. The maximum atomic E-state index is 12.5. The summed E-state index contributed by atoms with van der Waals surface area (Å²) in [6, 6.07) is 13.8. The SMILES string of the molecule is Cc1cc(C)cc(NC(=O)C(C)Oc2ccc(=O)n(-c3cc(Cl)ccc3C)n2)c1. The Labute approximate surface area is 174 Å². The van der Waals surface area contributed by atoms with Crippen LogP contribution in [0.5, 0.6) is 5.88 Å². The number of nitrogens with one attached hydrogen (secondary N) is 1. The quantitative estimate of drug-likeness (QED) is 0.682. The highest BCUT2D eigenvalue weighted by Crippen LogP contribution is 2.19. The van der Waals surface area contributed by atoms with Gasteiger partial charge in [0.1, 0.15) is 0 Å². The van der Waals surface area contributed by atoms with Gasteiger partial charge in [0.25, 0.3) is 11.5 Å². The Kier molecular flexibility index (Phi) is 6.03. The molecule has 7 heteroatoms. The van der Waals surface area contributed by atoms with Crippen molar-refractivity contribution in [3.63, 3.8) is 0 Å². The minimum absolute atomic E-state index is 0.159. The first-order chi connectivity index (χ1) is 13.7. The van der Waals surface area contributed by atoms with Gasteiger partial charge in [0.2, 0.25) is 5.88 Å². The smallest absolute Gasteiger partial charge is 0.271 e. The van der Waals surface area contributed by atoms with Gasteiger partial charge >= 0.3 is 0 Å². The molecule has 1 unspecified atom stereocenters. The summed E-state index contributed by atoms with van der Waals surface area (Å²) < 4.78 is 6.89. The molecule has 0 aliphatic rings. The molecule has 1 N–H and O–H groups in total. The molecule has 0 saturated carbocycles. The number of anilines is 1. The third kappa shape index (κ3) is 5.03. The molecule has 0 radical (unpaired) electrons. The number of amides is 1. The maximum absolute atomic E-state index is 12.5. The Bertz CT molecular complexity index is 1100. The molecule has 0 fully saturated rings. The first kappa shape index (κ1) is 20.6. The average Bonchev–Trinajstić information content (AvgIpc) is 2.64. The standard InChI is InChI=1S/C22H22ClN3O3/c1-13-9-14(2)11-18(10-13)24-22(28)16(4)29-20-7-8-21(27)26(25-20)19-12-17(23)6-5-15(19)3/h5-12,16H,1-4H3,(H,24,28). The number of rotatable bonds is 5. The van der Waals surface area contributed by atoms with Crippen LogP contribution in [0.1, 0.15) is 23.6 Å². The normalized spacial score (nSPS) is 11.8. The molecule has 0 aliphatic carbocycles. The summed E-state index contributed by atoms with van der Waals surface area (Å²) >= 11 is 6.06. The summed E-state index contributed by atoms with van der Waals surface area (Å²) in [5.41, 5.74) is 3.88. The Morgan fingerprint density at radius 2 is 1.76 bits per heavy atom. The second-order valence-electron chi connectivity index (χ2n) is 6.98. The van der Waals surface area contributed by atoms with E-state index in [0.717, 1.165) is 16.7 Å². The summed E-state index contributed by atoms with van der Waals surface area (Å²) in [7, 11) is 0. The molecular weight excluding hydrogens is 390 g/mol. The van der Waals surface area contributed by atoms with Gasteiger partial charge in [-0.2, -0.15) is 4.68 Å². The highest BCUT2D eigenvalue weighted by Gasteiger charge is 2.17. The molecule has 1 atom stereocenters. The van der Waals surface area contributed by atoms with E-state index < -0.39 is 6.10 Å². The van der Waals surface area contributed by atoms with Crippen LogP contribution in [-0.4, -0.2) is 21.8 Å². The first-order valence-electron chi connectivity index (χ1n) is 9.15. The van der Waals surface area contributed by atoms with Gasteiger partial charge in [-0.1, -0.05) is 23.7 Å². The molecule has 1 aromatic heterocycles. The zero-order chi connectivity index (χ0) is 21.1. The number of halogens is 1. The fourth-order valence-electron chi connectivity index (χ4n) is 2.97. The van der Waals surface area contributed by atoms with Crippen LogP contribution in [0, 0.1) is 20.8 Å². The zero-order valence-corrected chi connectivity index (χ0v) is 17.4. The van der Waals surface area contributed by atoms with Gasteiger partial charge in [-0.25, -0.2) is 0 Å². The van der Waals surface area contributed by atoms with Crippen molar-refractivity contribution >= 4 is 23.2 Å². The number of nitrogens with zero attached hydrogens (tertiary/aromatic N) is 2. The monoisotopic (exact) mass is 411 g/mol. The minimum atomic E-state index is -0.810. The van der Waals surface area contributed by atoms with Crippen molar-refractivity contribution in [2.45, 2.75) is 33.8 Å². The fraction of sp³-hybridized carbons (Fsp3) is 0.227. The van der Waals surface area contributed by atoms with E-state index in [1.165, 1.54) is 16.8 Å². The molecule has 0 aliphatic heterocycles. The van der Waals surface area contributed by atoms with E-state index >= 15 is 0 Å². The zero-order valence-electron chi connectivity index (χ0n) is 16.7. The number of hydrogen-bond acceptors (Lipinski definition) is 4. The van der Waals surface area contributed by atoms with Gasteiger partial charge in [0.05, 0.1) is 5.69 Å². The summed E-state index contributed by atoms with van der Waals surface area (Å²) in [5, 5.41) is 7.58. The molecule has 1 heterocycles. The molecular formula is C22H22ClN3O3. The molecule has 29 heavy (non-hydrogen) atoms. The molecule has 1 amide bonds. The Hall–Kier alpha value is -3.12. The van der Waals surface area contributed by atoms with Gasteiger partial charge in [0.15, 0.2) is 6.10 Å². The summed E-state index contributed by atoms with van der Waals surface area (Å²) in [4.78, 5) is 24.8.